The Morgan fingerprint density at radius 2 is 1.93 bits per heavy atom. The van der Waals surface area contributed by atoms with E-state index in [4.69, 9.17) is 4.74 Å². The topological polar surface area (TPSA) is 26.3 Å². The van der Waals surface area contributed by atoms with Crippen LogP contribution in [0.1, 0.15) is 5.56 Å². The first-order valence-corrected chi connectivity index (χ1v) is 4.91. The van der Waals surface area contributed by atoms with Crippen LogP contribution in [0.3, 0.4) is 0 Å². The molecule has 0 N–H and O–H groups in total. The number of halogens is 1. The molecule has 0 spiro atoms. The van der Waals surface area contributed by atoms with Gasteiger partial charge in [-0.2, -0.15) is 0 Å². The van der Waals surface area contributed by atoms with Crippen LogP contribution in [0.5, 0.6) is 0 Å². The number of cyclic esters (lactones) is 1. The largest absolute Gasteiger partial charge is 0.422 e. The molecule has 0 aliphatic carbocycles. The number of rotatable bonds is 1. The fraction of sp³-hybridized carbons (Fsp3) is 0. The highest BCUT2D eigenvalue weighted by Crippen LogP contribution is 2.26. The minimum absolute atomic E-state index is 0.334. The van der Waals surface area contributed by atoms with Crippen molar-refractivity contribution < 1.29 is 9.53 Å². The van der Waals surface area contributed by atoms with Crippen molar-refractivity contribution in [1.82, 2.24) is 0 Å². The number of esters is 1. The van der Waals surface area contributed by atoms with Gasteiger partial charge < -0.3 is 4.74 Å². The van der Waals surface area contributed by atoms with E-state index in [-0.39, 0.29) is 5.97 Å². The fourth-order valence-electron chi connectivity index (χ4n) is 1.16. The SMILES string of the molecule is O=C1C=C(Br)C(=Cc2ccccc2)O1. The summed E-state index contributed by atoms with van der Waals surface area (Å²) in [5.74, 6) is 0.222. The quantitative estimate of drug-likeness (QED) is 0.717. The molecule has 70 valence electrons. The lowest BCUT2D eigenvalue weighted by Gasteiger charge is -1.98. The summed E-state index contributed by atoms with van der Waals surface area (Å²) in [5, 5.41) is 0. The van der Waals surface area contributed by atoms with Gasteiger partial charge in [-0.15, -0.1) is 0 Å². The molecule has 2 rings (SSSR count). The third-order valence-electron chi connectivity index (χ3n) is 1.79. The van der Waals surface area contributed by atoms with Crippen LogP contribution in [0.25, 0.3) is 6.08 Å². The van der Waals surface area contributed by atoms with Crippen LogP contribution in [0.15, 0.2) is 46.6 Å². The highest BCUT2D eigenvalue weighted by molar-refractivity contribution is 9.12. The van der Waals surface area contributed by atoms with E-state index in [1.807, 2.05) is 36.4 Å². The monoisotopic (exact) mass is 250 g/mol. The fourth-order valence-corrected chi connectivity index (χ4v) is 1.54. The number of hydrogen-bond acceptors (Lipinski definition) is 2. The molecule has 0 bridgehead atoms. The molecule has 0 fully saturated rings. The predicted octanol–water partition coefficient (Wildman–Crippen LogP) is 2.86. The Bertz CT molecular complexity index is 418. The third-order valence-corrected chi connectivity index (χ3v) is 2.41. The average molecular weight is 251 g/mol. The molecule has 1 aromatic carbocycles. The summed E-state index contributed by atoms with van der Waals surface area (Å²) in [4.78, 5) is 10.9. The van der Waals surface area contributed by atoms with Gasteiger partial charge in [0.1, 0.15) is 5.76 Å². The number of hydrogen-bond donors (Lipinski definition) is 0. The number of allylic oxidation sites excluding steroid dienone is 1. The van der Waals surface area contributed by atoms with Gasteiger partial charge in [0, 0.05) is 6.08 Å². The zero-order valence-electron chi connectivity index (χ0n) is 7.24. The van der Waals surface area contributed by atoms with Gasteiger partial charge in [-0.3, -0.25) is 0 Å². The second-order valence-corrected chi connectivity index (χ2v) is 3.69. The van der Waals surface area contributed by atoms with E-state index in [1.54, 1.807) is 0 Å². The van der Waals surface area contributed by atoms with Crippen LogP contribution in [0, 0.1) is 0 Å². The second kappa shape index (κ2) is 3.80. The van der Waals surface area contributed by atoms with Gasteiger partial charge in [0.25, 0.3) is 0 Å². The molecule has 0 saturated carbocycles. The molecule has 0 aromatic heterocycles. The van der Waals surface area contributed by atoms with Crippen molar-refractivity contribution in [3.05, 3.63) is 52.2 Å². The van der Waals surface area contributed by atoms with Crippen molar-refractivity contribution in [2.75, 3.05) is 0 Å². The van der Waals surface area contributed by atoms with E-state index >= 15 is 0 Å². The molecule has 3 heteroatoms. The summed E-state index contributed by atoms with van der Waals surface area (Å²) in [7, 11) is 0. The Hall–Kier alpha value is -1.35. The zero-order chi connectivity index (χ0) is 9.97. The maximum Gasteiger partial charge on any atom is 0.337 e. The van der Waals surface area contributed by atoms with E-state index in [2.05, 4.69) is 15.9 Å². The summed E-state index contributed by atoms with van der Waals surface area (Å²) in [6, 6.07) is 9.69. The molecular formula is C11H7BrO2. The van der Waals surface area contributed by atoms with Crippen LogP contribution in [0.2, 0.25) is 0 Å². The van der Waals surface area contributed by atoms with Crippen molar-refractivity contribution in [3.63, 3.8) is 0 Å². The Morgan fingerprint density at radius 1 is 1.21 bits per heavy atom. The van der Waals surface area contributed by atoms with E-state index in [1.165, 1.54) is 6.08 Å². The van der Waals surface area contributed by atoms with Gasteiger partial charge >= 0.3 is 5.97 Å². The molecule has 0 saturated heterocycles. The summed E-state index contributed by atoms with van der Waals surface area (Å²) in [6.07, 6.45) is 3.22. The van der Waals surface area contributed by atoms with Gasteiger partial charge in [0.15, 0.2) is 0 Å². The van der Waals surface area contributed by atoms with Gasteiger partial charge in [0.2, 0.25) is 0 Å². The highest BCUT2D eigenvalue weighted by Gasteiger charge is 2.17. The molecular weight excluding hydrogens is 244 g/mol. The highest BCUT2D eigenvalue weighted by atomic mass is 79.9. The predicted molar refractivity (Wildman–Crippen MR) is 57.5 cm³/mol. The molecule has 14 heavy (non-hydrogen) atoms. The average Bonchev–Trinajstić information content (AvgIpc) is 2.47. The van der Waals surface area contributed by atoms with Crippen LogP contribution >= 0.6 is 15.9 Å². The molecule has 0 unspecified atom stereocenters. The van der Waals surface area contributed by atoms with Gasteiger partial charge in [0.05, 0.1) is 4.48 Å². The van der Waals surface area contributed by atoms with Gasteiger partial charge in [-0.05, 0) is 27.6 Å². The molecule has 0 amide bonds. The zero-order valence-corrected chi connectivity index (χ0v) is 8.82. The number of benzene rings is 1. The number of ether oxygens (including phenoxy) is 1. The summed E-state index contributed by atoms with van der Waals surface area (Å²) >= 11 is 3.25. The Kier molecular flexibility index (Phi) is 2.50. The lowest BCUT2D eigenvalue weighted by atomic mass is 10.2. The molecule has 0 radical (unpaired) electrons. The third kappa shape index (κ3) is 1.93. The van der Waals surface area contributed by atoms with Gasteiger partial charge in [-0.1, -0.05) is 30.3 Å². The van der Waals surface area contributed by atoms with Crippen molar-refractivity contribution in [1.29, 1.82) is 0 Å². The summed E-state index contributed by atoms with van der Waals surface area (Å²) in [6.45, 7) is 0. The minimum Gasteiger partial charge on any atom is -0.422 e. The Balaban J connectivity index is 2.29. The first-order valence-electron chi connectivity index (χ1n) is 4.12. The van der Waals surface area contributed by atoms with Crippen molar-refractivity contribution >= 4 is 28.0 Å². The Labute approximate surface area is 90.0 Å². The second-order valence-electron chi connectivity index (χ2n) is 2.83. The molecule has 0 atom stereocenters. The van der Waals surface area contributed by atoms with E-state index in [0.717, 1.165) is 5.56 Å². The number of carbonyl (C=O) groups excluding carboxylic acids is 1. The standard InChI is InChI=1S/C11H7BrO2/c12-9-7-11(13)14-10(9)6-8-4-2-1-3-5-8/h1-7H. The molecule has 1 aliphatic heterocycles. The van der Waals surface area contributed by atoms with Gasteiger partial charge in [-0.25, -0.2) is 4.79 Å². The summed E-state index contributed by atoms with van der Waals surface area (Å²) in [5.41, 5.74) is 1.00. The Morgan fingerprint density at radius 3 is 2.50 bits per heavy atom. The van der Waals surface area contributed by atoms with E-state index < -0.39 is 0 Å². The first kappa shape index (κ1) is 9.21. The molecule has 2 nitrogen and oxygen atoms in total. The molecule has 1 aromatic rings. The first-order chi connectivity index (χ1) is 6.75. The van der Waals surface area contributed by atoms with Crippen LogP contribution in [-0.2, 0) is 9.53 Å². The lowest BCUT2D eigenvalue weighted by molar-refractivity contribution is -0.132. The van der Waals surface area contributed by atoms with Crippen LogP contribution < -0.4 is 0 Å². The van der Waals surface area contributed by atoms with Crippen molar-refractivity contribution in [3.8, 4) is 0 Å². The van der Waals surface area contributed by atoms with Crippen molar-refractivity contribution in [2.45, 2.75) is 0 Å². The van der Waals surface area contributed by atoms with Crippen LogP contribution in [0.4, 0.5) is 0 Å². The molecule has 1 aliphatic rings. The van der Waals surface area contributed by atoms with E-state index in [9.17, 15) is 4.79 Å². The summed E-state index contributed by atoms with van der Waals surface area (Å²) < 4.78 is 5.65. The normalized spacial score (nSPS) is 18.2. The van der Waals surface area contributed by atoms with Crippen molar-refractivity contribution in [2.24, 2.45) is 0 Å². The minimum atomic E-state index is -0.334. The molecule has 1 heterocycles. The maximum atomic E-state index is 10.9. The lowest BCUT2D eigenvalue weighted by Crippen LogP contribution is -1.90. The maximum absolute atomic E-state index is 10.9. The number of carbonyl (C=O) groups is 1. The smallest absolute Gasteiger partial charge is 0.337 e. The van der Waals surface area contributed by atoms with E-state index in [0.29, 0.717) is 10.2 Å². The van der Waals surface area contributed by atoms with Crippen LogP contribution in [-0.4, -0.2) is 5.97 Å².